The number of allylic oxidation sites excluding steroid dienone is 2. The normalized spacial score (nSPS) is 14.3. The third kappa shape index (κ3) is 27.8. The molecule has 0 saturated carbocycles. The molecule has 250 valence electrons. The number of nitrogens with one attached hydrogen (secondary N) is 1. The third-order valence-electron chi connectivity index (χ3n) is 8.08. The number of hydrogen-bond donors (Lipinski definition) is 4. The quantitative estimate of drug-likeness (QED) is 0.0352. The maximum absolute atomic E-state index is 12.5. The van der Waals surface area contributed by atoms with Gasteiger partial charge in [-0.2, -0.15) is 8.42 Å². The van der Waals surface area contributed by atoms with Crippen molar-refractivity contribution in [3.63, 3.8) is 0 Å². The van der Waals surface area contributed by atoms with Gasteiger partial charge in [-0.3, -0.25) is 9.35 Å². The Bertz CT molecular complexity index is 742. The molecule has 3 unspecified atom stereocenters. The number of aliphatic hydroxyl groups is 2. The lowest BCUT2D eigenvalue weighted by Gasteiger charge is -2.24. The van der Waals surface area contributed by atoms with Crippen LogP contribution in [0.3, 0.4) is 0 Å². The molecule has 0 aromatic carbocycles. The van der Waals surface area contributed by atoms with E-state index in [1.54, 1.807) is 0 Å². The van der Waals surface area contributed by atoms with Crippen molar-refractivity contribution in [1.29, 1.82) is 0 Å². The van der Waals surface area contributed by atoms with Gasteiger partial charge in [0, 0.05) is 0 Å². The molecule has 0 aliphatic carbocycles. The Balaban J connectivity index is 4.05. The minimum atomic E-state index is -4.40. The molecule has 0 spiro atoms. The predicted molar refractivity (Wildman–Crippen MR) is 176 cm³/mol. The lowest BCUT2D eigenvalue weighted by atomic mass is 10.0. The average Bonchev–Trinajstić information content (AvgIpc) is 2.94. The summed E-state index contributed by atoms with van der Waals surface area (Å²) < 4.78 is 32.3. The molecule has 1 amide bonds. The van der Waals surface area contributed by atoms with Crippen LogP contribution in [-0.2, 0) is 14.9 Å². The highest BCUT2D eigenvalue weighted by Crippen LogP contribution is 2.16. The number of carbonyl (C=O) groups excluding carboxylic acids is 1. The van der Waals surface area contributed by atoms with Crippen molar-refractivity contribution in [3.05, 3.63) is 12.2 Å². The van der Waals surface area contributed by atoms with Crippen LogP contribution in [0.5, 0.6) is 0 Å². The first-order chi connectivity index (χ1) is 20.2. The molecule has 0 fully saturated rings. The van der Waals surface area contributed by atoms with Gasteiger partial charge in [0.25, 0.3) is 10.1 Å². The van der Waals surface area contributed by atoms with Gasteiger partial charge in [-0.05, 0) is 32.1 Å². The summed E-state index contributed by atoms with van der Waals surface area (Å²) in [6, 6.07) is -1.15. The summed E-state index contributed by atoms with van der Waals surface area (Å²) in [5.74, 6) is -1.47. The lowest BCUT2D eigenvalue weighted by molar-refractivity contribution is -0.131. The Kier molecular flexibility index (Phi) is 28.1. The van der Waals surface area contributed by atoms with E-state index < -0.39 is 40.0 Å². The van der Waals surface area contributed by atoms with Crippen LogP contribution in [0, 0.1) is 0 Å². The molecule has 0 aromatic rings. The second-order valence-corrected chi connectivity index (χ2v) is 13.8. The number of amides is 1. The molecular formula is C34H67NO6S. The van der Waals surface area contributed by atoms with Crippen molar-refractivity contribution < 1.29 is 28.0 Å². The standard InChI is InChI=1S/C34H67NO6S/c1-3-5-7-9-11-13-14-15-16-17-18-19-21-22-24-26-28-32(36)31(30-42(39,40)41)35-34(38)33(37)29-27-25-23-20-12-10-8-6-4-2/h10,12,31-33,36-37H,3-9,11,13-30H2,1-2H3,(H,35,38)(H,39,40,41)/b12-10-. The zero-order valence-corrected chi connectivity index (χ0v) is 28.1. The van der Waals surface area contributed by atoms with E-state index in [0.717, 1.165) is 44.9 Å². The summed E-state index contributed by atoms with van der Waals surface area (Å²) in [5, 5.41) is 23.3. The summed E-state index contributed by atoms with van der Waals surface area (Å²) in [4.78, 5) is 12.5. The van der Waals surface area contributed by atoms with Gasteiger partial charge in [-0.1, -0.05) is 154 Å². The van der Waals surface area contributed by atoms with Gasteiger partial charge in [0.1, 0.15) is 6.10 Å². The first kappa shape index (κ1) is 41.0. The summed E-state index contributed by atoms with van der Waals surface area (Å²) >= 11 is 0. The van der Waals surface area contributed by atoms with Crippen molar-refractivity contribution in [2.75, 3.05) is 5.75 Å². The number of aliphatic hydroxyl groups excluding tert-OH is 2. The molecular weight excluding hydrogens is 550 g/mol. The van der Waals surface area contributed by atoms with Crippen LogP contribution in [0.15, 0.2) is 12.2 Å². The van der Waals surface area contributed by atoms with Crippen LogP contribution in [0.4, 0.5) is 0 Å². The Morgan fingerprint density at radius 3 is 1.50 bits per heavy atom. The van der Waals surface area contributed by atoms with E-state index in [0.29, 0.717) is 19.3 Å². The molecule has 0 aliphatic heterocycles. The third-order valence-corrected chi connectivity index (χ3v) is 8.86. The maximum atomic E-state index is 12.5. The second-order valence-electron chi connectivity index (χ2n) is 12.3. The van der Waals surface area contributed by atoms with Gasteiger partial charge >= 0.3 is 0 Å². The van der Waals surface area contributed by atoms with E-state index in [1.165, 1.54) is 89.9 Å². The van der Waals surface area contributed by atoms with Crippen LogP contribution in [0.25, 0.3) is 0 Å². The highest BCUT2D eigenvalue weighted by atomic mass is 32.2. The van der Waals surface area contributed by atoms with Crippen LogP contribution >= 0.6 is 0 Å². The molecule has 0 aliphatic rings. The maximum Gasteiger partial charge on any atom is 0.266 e. The van der Waals surface area contributed by atoms with E-state index in [-0.39, 0.29) is 6.42 Å². The van der Waals surface area contributed by atoms with Crippen molar-refractivity contribution in [3.8, 4) is 0 Å². The monoisotopic (exact) mass is 617 g/mol. The Labute approximate surface area is 259 Å². The molecule has 7 nitrogen and oxygen atoms in total. The molecule has 0 aromatic heterocycles. The molecule has 4 N–H and O–H groups in total. The topological polar surface area (TPSA) is 124 Å². The van der Waals surface area contributed by atoms with Crippen molar-refractivity contribution >= 4 is 16.0 Å². The van der Waals surface area contributed by atoms with E-state index >= 15 is 0 Å². The minimum Gasteiger partial charge on any atom is -0.391 e. The zero-order valence-electron chi connectivity index (χ0n) is 27.2. The number of carbonyl (C=O) groups is 1. The fraction of sp³-hybridized carbons (Fsp3) is 0.912. The summed E-state index contributed by atoms with van der Waals surface area (Å²) in [6.45, 7) is 4.43. The average molecular weight is 618 g/mol. The molecule has 0 rings (SSSR count). The van der Waals surface area contributed by atoms with E-state index in [4.69, 9.17) is 0 Å². The highest BCUT2D eigenvalue weighted by molar-refractivity contribution is 7.85. The summed E-state index contributed by atoms with van der Waals surface area (Å²) in [6.07, 6.45) is 29.5. The van der Waals surface area contributed by atoms with Crippen LogP contribution in [0.2, 0.25) is 0 Å². The fourth-order valence-electron chi connectivity index (χ4n) is 5.32. The summed E-state index contributed by atoms with van der Waals surface area (Å²) in [5.41, 5.74) is 0. The van der Waals surface area contributed by atoms with Gasteiger partial charge in [-0.15, -0.1) is 0 Å². The van der Waals surface area contributed by atoms with Crippen LogP contribution in [0.1, 0.15) is 174 Å². The minimum absolute atomic E-state index is 0.277. The van der Waals surface area contributed by atoms with Crippen molar-refractivity contribution in [2.24, 2.45) is 0 Å². The van der Waals surface area contributed by atoms with Gasteiger partial charge in [0.05, 0.1) is 17.9 Å². The number of rotatable bonds is 31. The highest BCUT2D eigenvalue weighted by Gasteiger charge is 2.28. The molecule has 3 atom stereocenters. The molecule has 8 heteroatoms. The smallest absolute Gasteiger partial charge is 0.266 e. The zero-order chi connectivity index (χ0) is 31.3. The fourth-order valence-corrected chi connectivity index (χ4v) is 6.08. The van der Waals surface area contributed by atoms with Gasteiger partial charge in [-0.25, -0.2) is 0 Å². The Morgan fingerprint density at radius 1 is 0.619 bits per heavy atom. The van der Waals surface area contributed by atoms with E-state index in [2.05, 4.69) is 31.3 Å². The van der Waals surface area contributed by atoms with Gasteiger partial charge in [0.2, 0.25) is 5.91 Å². The molecule has 0 bridgehead atoms. The van der Waals surface area contributed by atoms with Gasteiger partial charge in [0.15, 0.2) is 0 Å². The second kappa shape index (κ2) is 28.8. The Morgan fingerprint density at radius 2 is 1.02 bits per heavy atom. The first-order valence-electron chi connectivity index (χ1n) is 17.5. The van der Waals surface area contributed by atoms with Crippen LogP contribution in [-0.4, -0.2) is 53.1 Å². The van der Waals surface area contributed by atoms with Gasteiger partial charge < -0.3 is 15.5 Å². The first-order valence-corrected chi connectivity index (χ1v) is 19.1. The SMILES string of the molecule is CCCC/C=C\CCCCCC(O)C(=O)NC(CS(=O)(=O)O)C(O)CCCCCCCCCCCCCCCCCC. The largest absolute Gasteiger partial charge is 0.391 e. The van der Waals surface area contributed by atoms with E-state index in [1.807, 2.05) is 0 Å². The molecule has 0 heterocycles. The number of unbranched alkanes of at least 4 members (excludes halogenated alkanes) is 20. The lowest BCUT2D eigenvalue weighted by Crippen LogP contribution is -2.50. The summed E-state index contributed by atoms with van der Waals surface area (Å²) in [7, 11) is -4.40. The van der Waals surface area contributed by atoms with Crippen molar-refractivity contribution in [2.45, 2.75) is 193 Å². The van der Waals surface area contributed by atoms with Crippen LogP contribution < -0.4 is 5.32 Å². The Hall–Kier alpha value is -0.960. The predicted octanol–water partition coefficient (Wildman–Crippen LogP) is 8.43. The molecule has 0 radical (unpaired) electrons. The number of hydrogen-bond acceptors (Lipinski definition) is 5. The molecule has 0 saturated heterocycles. The molecule has 42 heavy (non-hydrogen) atoms. The van der Waals surface area contributed by atoms with Crippen molar-refractivity contribution in [1.82, 2.24) is 5.32 Å². The van der Waals surface area contributed by atoms with E-state index in [9.17, 15) is 28.0 Å².